The van der Waals surface area contributed by atoms with Crippen LogP contribution in [0.5, 0.6) is 0 Å². The number of aliphatic hydroxyl groups is 3. The summed E-state index contributed by atoms with van der Waals surface area (Å²) >= 11 is 6.18. The zero-order valence-corrected chi connectivity index (χ0v) is 11.4. The first kappa shape index (κ1) is 15.4. The van der Waals surface area contributed by atoms with Crippen LogP contribution in [-0.2, 0) is 20.0 Å². The molecule has 0 saturated heterocycles. The Balaban J connectivity index is 2.82. The molecule has 1 aromatic rings. The Labute approximate surface area is 111 Å². The molecule has 1 heterocycles. The summed E-state index contributed by atoms with van der Waals surface area (Å²) in [6.45, 7) is 1.18. The molecule has 6 nitrogen and oxygen atoms in total. The smallest absolute Gasteiger partial charge is 0.0884 e. The number of rotatable bonds is 7. The third-order valence-electron chi connectivity index (χ3n) is 3.04. The lowest BCUT2D eigenvalue weighted by molar-refractivity contribution is 0.0409. The molecule has 18 heavy (non-hydrogen) atoms. The first-order valence-corrected chi connectivity index (χ1v) is 6.19. The van der Waals surface area contributed by atoms with E-state index in [0.717, 1.165) is 17.8 Å². The predicted molar refractivity (Wildman–Crippen MR) is 68.4 cm³/mol. The highest BCUT2D eigenvalue weighted by Crippen LogP contribution is 2.21. The summed E-state index contributed by atoms with van der Waals surface area (Å²) in [5.41, 5.74) is 0.451. The number of nitrogens with zero attached hydrogens (tertiary/aromatic N) is 2. The quantitative estimate of drug-likeness (QED) is 0.536. The molecule has 4 N–H and O–H groups in total. The molecule has 7 heteroatoms. The van der Waals surface area contributed by atoms with Crippen LogP contribution in [0.2, 0.25) is 5.02 Å². The summed E-state index contributed by atoms with van der Waals surface area (Å²) in [5, 5.41) is 35.4. The fourth-order valence-corrected chi connectivity index (χ4v) is 1.96. The van der Waals surface area contributed by atoms with Gasteiger partial charge in [-0.25, -0.2) is 0 Å². The van der Waals surface area contributed by atoms with Gasteiger partial charge in [0.15, 0.2) is 0 Å². The molecule has 0 fully saturated rings. The van der Waals surface area contributed by atoms with Crippen molar-refractivity contribution in [1.82, 2.24) is 15.1 Å². The average molecular weight is 278 g/mol. The van der Waals surface area contributed by atoms with E-state index >= 15 is 0 Å². The molecule has 0 spiro atoms. The number of hydrogen-bond acceptors (Lipinski definition) is 5. The molecule has 0 atom stereocenters. The second-order valence-electron chi connectivity index (χ2n) is 4.29. The molecule has 0 aliphatic heterocycles. The van der Waals surface area contributed by atoms with Crippen LogP contribution < -0.4 is 5.32 Å². The van der Waals surface area contributed by atoms with Gasteiger partial charge < -0.3 is 15.3 Å². The van der Waals surface area contributed by atoms with Crippen LogP contribution in [-0.4, -0.2) is 50.5 Å². The topological polar surface area (TPSA) is 90.5 Å². The first-order chi connectivity index (χ1) is 8.53. The molecular weight excluding hydrogens is 258 g/mol. The molecule has 0 radical (unpaired) electrons. The van der Waals surface area contributed by atoms with Crippen LogP contribution in [0.4, 0.5) is 0 Å². The molecule has 0 unspecified atom stereocenters. The van der Waals surface area contributed by atoms with Crippen molar-refractivity contribution in [2.24, 2.45) is 7.05 Å². The van der Waals surface area contributed by atoms with Gasteiger partial charge in [-0.2, -0.15) is 5.10 Å². The van der Waals surface area contributed by atoms with E-state index in [1.165, 1.54) is 0 Å². The number of nitrogens with one attached hydrogen (secondary N) is 1. The van der Waals surface area contributed by atoms with Crippen molar-refractivity contribution >= 4 is 11.6 Å². The minimum atomic E-state index is -1.11. The fraction of sp³-hybridized carbons (Fsp3) is 0.727. The zero-order valence-electron chi connectivity index (χ0n) is 10.6. The first-order valence-electron chi connectivity index (χ1n) is 5.81. The van der Waals surface area contributed by atoms with Gasteiger partial charge in [-0.1, -0.05) is 18.5 Å². The maximum absolute atomic E-state index is 9.21. The van der Waals surface area contributed by atoms with Crippen molar-refractivity contribution in [3.8, 4) is 0 Å². The normalized spacial score (nSPS) is 12.1. The Hall–Kier alpha value is -0.660. The Morgan fingerprint density at radius 2 is 1.83 bits per heavy atom. The predicted octanol–water partition coefficient (Wildman–Crippen LogP) is -0.559. The highest BCUT2D eigenvalue weighted by atomic mass is 35.5. The minimum Gasteiger partial charge on any atom is -0.394 e. The second kappa shape index (κ2) is 6.49. The number of hydrogen-bond donors (Lipinski definition) is 4. The Bertz CT molecular complexity index is 383. The van der Waals surface area contributed by atoms with Gasteiger partial charge in [0, 0.05) is 13.6 Å². The maximum atomic E-state index is 9.21. The van der Waals surface area contributed by atoms with E-state index in [1.807, 2.05) is 6.92 Å². The lowest BCUT2D eigenvalue weighted by Crippen LogP contribution is -2.54. The van der Waals surface area contributed by atoms with Crippen LogP contribution in [0.1, 0.15) is 18.3 Å². The van der Waals surface area contributed by atoms with Crippen molar-refractivity contribution < 1.29 is 15.3 Å². The van der Waals surface area contributed by atoms with E-state index in [4.69, 9.17) is 11.6 Å². The lowest BCUT2D eigenvalue weighted by atomic mass is 10.0. The molecule has 0 aliphatic carbocycles. The maximum Gasteiger partial charge on any atom is 0.0884 e. The fourth-order valence-electron chi connectivity index (χ4n) is 1.60. The van der Waals surface area contributed by atoms with Gasteiger partial charge >= 0.3 is 0 Å². The Morgan fingerprint density at radius 1 is 1.28 bits per heavy atom. The van der Waals surface area contributed by atoms with Gasteiger partial charge in [0.25, 0.3) is 0 Å². The molecule has 1 aromatic heterocycles. The zero-order chi connectivity index (χ0) is 13.8. The largest absolute Gasteiger partial charge is 0.394 e. The van der Waals surface area contributed by atoms with Gasteiger partial charge in [0.1, 0.15) is 0 Å². The van der Waals surface area contributed by atoms with Crippen LogP contribution >= 0.6 is 11.6 Å². The van der Waals surface area contributed by atoms with Crippen LogP contribution in [0, 0.1) is 0 Å². The Kier molecular flexibility index (Phi) is 5.55. The number of aliphatic hydroxyl groups excluding tert-OH is 3. The van der Waals surface area contributed by atoms with Gasteiger partial charge in [-0.3, -0.25) is 10.00 Å². The molecule has 104 valence electrons. The van der Waals surface area contributed by atoms with Gasteiger partial charge in [0.2, 0.25) is 0 Å². The summed E-state index contributed by atoms with van der Waals surface area (Å²) in [4.78, 5) is 0. The SMILES string of the molecule is CCc1nn(C)c(CNC(CO)(CO)CO)c1Cl. The summed E-state index contributed by atoms with van der Waals surface area (Å²) in [5.74, 6) is 0. The van der Waals surface area contributed by atoms with Gasteiger partial charge in [0.05, 0.1) is 41.8 Å². The van der Waals surface area contributed by atoms with E-state index in [1.54, 1.807) is 11.7 Å². The number of aromatic nitrogens is 2. The van der Waals surface area contributed by atoms with Crippen molar-refractivity contribution in [2.75, 3.05) is 19.8 Å². The second-order valence-corrected chi connectivity index (χ2v) is 4.67. The monoisotopic (exact) mass is 277 g/mol. The van der Waals surface area contributed by atoms with E-state index in [2.05, 4.69) is 10.4 Å². The van der Waals surface area contributed by atoms with Crippen molar-refractivity contribution in [1.29, 1.82) is 0 Å². The third kappa shape index (κ3) is 3.02. The van der Waals surface area contributed by atoms with Crippen molar-refractivity contribution in [3.05, 3.63) is 16.4 Å². The van der Waals surface area contributed by atoms with E-state index in [-0.39, 0.29) is 19.8 Å². The van der Waals surface area contributed by atoms with E-state index in [9.17, 15) is 15.3 Å². The number of halogens is 1. The average Bonchev–Trinajstić information content (AvgIpc) is 2.67. The summed E-state index contributed by atoms with van der Waals surface area (Å²) in [6.07, 6.45) is 0.734. The minimum absolute atomic E-state index is 0.310. The highest BCUT2D eigenvalue weighted by molar-refractivity contribution is 6.31. The van der Waals surface area contributed by atoms with Gasteiger partial charge in [-0.15, -0.1) is 0 Å². The van der Waals surface area contributed by atoms with Crippen molar-refractivity contribution in [2.45, 2.75) is 25.4 Å². The summed E-state index contributed by atoms with van der Waals surface area (Å²) < 4.78 is 1.66. The van der Waals surface area contributed by atoms with E-state index in [0.29, 0.717) is 11.6 Å². The molecule has 0 saturated carbocycles. The molecule has 1 rings (SSSR count). The molecule has 0 aliphatic rings. The van der Waals surface area contributed by atoms with Crippen LogP contribution in [0.15, 0.2) is 0 Å². The van der Waals surface area contributed by atoms with Crippen molar-refractivity contribution in [3.63, 3.8) is 0 Å². The highest BCUT2D eigenvalue weighted by Gasteiger charge is 2.28. The number of aryl methyl sites for hydroxylation is 2. The molecule has 0 aromatic carbocycles. The standard InChI is InChI=1S/C11H20ClN3O3/c1-3-8-10(12)9(15(2)14-8)4-13-11(5-16,6-17)7-18/h13,16-18H,3-7H2,1-2H3. The van der Waals surface area contributed by atoms with Crippen LogP contribution in [0.25, 0.3) is 0 Å². The molecule has 0 amide bonds. The third-order valence-corrected chi connectivity index (χ3v) is 3.48. The summed E-state index contributed by atoms with van der Waals surface area (Å²) in [7, 11) is 1.78. The molecule has 0 bridgehead atoms. The summed E-state index contributed by atoms with van der Waals surface area (Å²) in [6, 6.07) is 0. The molecular formula is C11H20ClN3O3. The van der Waals surface area contributed by atoms with E-state index < -0.39 is 5.54 Å². The van der Waals surface area contributed by atoms with Gasteiger partial charge in [-0.05, 0) is 6.42 Å². The Morgan fingerprint density at radius 3 is 2.22 bits per heavy atom. The lowest BCUT2D eigenvalue weighted by Gasteiger charge is -2.28. The van der Waals surface area contributed by atoms with Crippen LogP contribution in [0.3, 0.4) is 0 Å².